The maximum absolute atomic E-state index is 14.1. The Balaban J connectivity index is 0.955. The van der Waals surface area contributed by atoms with Gasteiger partial charge in [0.2, 0.25) is 5.91 Å². The zero-order valence-corrected chi connectivity index (χ0v) is 33.2. The van der Waals surface area contributed by atoms with Crippen LogP contribution in [-0.4, -0.2) is 45.6 Å². The standard InChI is InChI=1S/C47H38Cl2N4O6/c48-39-14-5-32(19-40(39)49)27-57-38-12-10-35(11-13-38)45-28-58-43-22-36-21-42(53(25-31-15-17-51-18-16-31)26-37(36)23-44(43)59-45)46(54)52-41(47(55)56)20-29-1-6-33(7-2-29)34-8-3-30(24-50)4-9-34/h1-19,22-23,41-42,45H,20-21,25-28H2,(H,52,54)(H,55,56)/t41-,42?,45+/m0/s1. The number of halogens is 2. The number of aromatic nitrogens is 1. The first kappa shape index (κ1) is 39.4. The highest BCUT2D eigenvalue weighted by molar-refractivity contribution is 6.42. The largest absolute Gasteiger partial charge is 0.489 e. The van der Waals surface area contributed by atoms with Gasteiger partial charge in [0.15, 0.2) is 17.6 Å². The number of carbonyl (C=O) groups is 2. The summed E-state index contributed by atoms with van der Waals surface area (Å²) in [5.41, 5.74) is 7.96. The number of aliphatic carboxylic acids is 1. The lowest BCUT2D eigenvalue weighted by Crippen LogP contribution is -2.54. The van der Waals surface area contributed by atoms with Crippen molar-refractivity contribution in [1.29, 1.82) is 5.26 Å². The second-order valence-corrected chi connectivity index (χ2v) is 15.4. The Bertz CT molecular complexity index is 2510. The van der Waals surface area contributed by atoms with Gasteiger partial charge in [0.05, 0.1) is 27.7 Å². The number of ether oxygens (including phenoxy) is 3. The first-order valence-corrected chi connectivity index (χ1v) is 19.8. The van der Waals surface area contributed by atoms with Crippen molar-refractivity contribution in [3.63, 3.8) is 0 Å². The Kier molecular flexibility index (Phi) is 11.8. The van der Waals surface area contributed by atoms with Gasteiger partial charge in [-0.2, -0.15) is 5.26 Å². The number of carbonyl (C=O) groups excluding carboxylic acids is 1. The third-order valence-corrected chi connectivity index (χ3v) is 11.3. The quantitative estimate of drug-likeness (QED) is 0.124. The molecule has 0 spiro atoms. The number of rotatable bonds is 12. The fourth-order valence-corrected chi connectivity index (χ4v) is 7.69. The normalized spacial score (nSPS) is 16.3. The Morgan fingerprint density at radius 3 is 2.24 bits per heavy atom. The molecular formula is C47H38Cl2N4O6. The van der Waals surface area contributed by atoms with E-state index >= 15 is 0 Å². The summed E-state index contributed by atoms with van der Waals surface area (Å²) in [6.07, 6.45) is 3.54. The van der Waals surface area contributed by atoms with Crippen LogP contribution in [-0.2, 0) is 42.1 Å². The first-order chi connectivity index (χ1) is 28.7. The minimum atomic E-state index is -1.15. The summed E-state index contributed by atoms with van der Waals surface area (Å²) in [5.74, 6) is 0.416. The molecule has 0 saturated heterocycles. The first-order valence-electron chi connectivity index (χ1n) is 19.1. The van der Waals surface area contributed by atoms with Crippen LogP contribution in [0.4, 0.5) is 0 Å². The van der Waals surface area contributed by atoms with Gasteiger partial charge in [-0.3, -0.25) is 14.7 Å². The van der Waals surface area contributed by atoms with Crippen LogP contribution in [0, 0.1) is 11.3 Å². The summed E-state index contributed by atoms with van der Waals surface area (Å²) in [6.45, 7) is 1.51. The molecule has 2 aliphatic heterocycles. The molecule has 0 aliphatic carbocycles. The lowest BCUT2D eigenvalue weighted by Gasteiger charge is -2.37. The van der Waals surface area contributed by atoms with Crippen LogP contribution in [0.1, 0.15) is 45.0 Å². The number of hydrogen-bond acceptors (Lipinski definition) is 8. The van der Waals surface area contributed by atoms with Gasteiger partial charge in [0.1, 0.15) is 25.0 Å². The van der Waals surface area contributed by atoms with Crippen molar-refractivity contribution >= 4 is 35.1 Å². The summed E-state index contributed by atoms with van der Waals surface area (Å²) in [4.78, 5) is 32.9. The SMILES string of the molecule is N#Cc1ccc(-c2ccc(C[C@H](NC(=O)C3Cc4cc5c(cc4CN3Cc3ccncc3)O[C@@H](c3ccc(OCc4ccc(Cl)c(Cl)c4)cc3)CO5)C(=O)O)cc2)cc1. The van der Waals surface area contributed by atoms with Gasteiger partial charge in [-0.05, 0) is 112 Å². The van der Waals surface area contributed by atoms with Crippen LogP contribution in [0.2, 0.25) is 10.0 Å². The monoisotopic (exact) mass is 824 g/mol. The lowest BCUT2D eigenvalue weighted by molar-refractivity contribution is -0.142. The van der Waals surface area contributed by atoms with E-state index in [0.717, 1.165) is 44.5 Å². The third kappa shape index (κ3) is 9.35. The fourth-order valence-electron chi connectivity index (χ4n) is 7.37. The predicted octanol–water partition coefficient (Wildman–Crippen LogP) is 8.76. The minimum Gasteiger partial charge on any atom is -0.489 e. The molecule has 296 valence electrons. The molecular weight excluding hydrogens is 787 g/mol. The molecule has 1 amide bonds. The van der Waals surface area contributed by atoms with Crippen LogP contribution in [0.15, 0.2) is 128 Å². The zero-order chi connectivity index (χ0) is 40.9. The van der Waals surface area contributed by atoms with Gasteiger partial charge in [-0.25, -0.2) is 4.79 Å². The number of fused-ring (bicyclic) bond motifs is 2. The molecule has 3 heterocycles. The highest BCUT2D eigenvalue weighted by Gasteiger charge is 2.36. The number of pyridine rings is 1. The molecule has 12 heteroatoms. The number of nitriles is 1. The number of nitrogens with zero attached hydrogens (tertiary/aromatic N) is 3. The number of carboxylic acids is 1. The average Bonchev–Trinajstić information content (AvgIpc) is 3.26. The van der Waals surface area contributed by atoms with E-state index in [1.807, 2.05) is 91.0 Å². The predicted molar refractivity (Wildman–Crippen MR) is 223 cm³/mol. The summed E-state index contributed by atoms with van der Waals surface area (Å²) in [7, 11) is 0. The highest BCUT2D eigenvalue weighted by Crippen LogP contribution is 2.41. The van der Waals surface area contributed by atoms with Gasteiger partial charge in [-0.1, -0.05) is 77.8 Å². The smallest absolute Gasteiger partial charge is 0.326 e. The van der Waals surface area contributed by atoms with Crippen molar-refractivity contribution < 1.29 is 28.9 Å². The molecule has 2 aliphatic rings. The van der Waals surface area contributed by atoms with E-state index in [1.165, 1.54) is 0 Å². The Morgan fingerprint density at radius 1 is 0.847 bits per heavy atom. The Morgan fingerprint density at radius 2 is 1.54 bits per heavy atom. The molecule has 5 aromatic carbocycles. The average molecular weight is 826 g/mol. The molecule has 0 fully saturated rings. The maximum atomic E-state index is 14.1. The van der Waals surface area contributed by atoms with Crippen molar-refractivity contribution in [2.45, 2.75) is 50.7 Å². The minimum absolute atomic E-state index is 0.108. The van der Waals surface area contributed by atoms with Gasteiger partial charge in [0, 0.05) is 31.9 Å². The number of benzene rings is 5. The number of nitrogens with one attached hydrogen (secondary N) is 1. The number of amides is 1. The van der Waals surface area contributed by atoms with Crippen LogP contribution >= 0.6 is 23.2 Å². The lowest BCUT2D eigenvalue weighted by atomic mass is 9.91. The van der Waals surface area contributed by atoms with Crippen LogP contribution < -0.4 is 19.5 Å². The van der Waals surface area contributed by atoms with Crippen molar-refractivity contribution in [2.24, 2.45) is 0 Å². The van der Waals surface area contributed by atoms with E-state index in [4.69, 9.17) is 42.7 Å². The third-order valence-electron chi connectivity index (χ3n) is 10.6. The van der Waals surface area contributed by atoms with E-state index in [-0.39, 0.29) is 18.4 Å². The van der Waals surface area contributed by atoms with E-state index in [1.54, 1.807) is 36.7 Å². The summed E-state index contributed by atoms with van der Waals surface area (Å²) >= 11 is 12.2. The molecule has 0 saturated carbocycles. The van der Waals surface area contributed by atoms with E-state index < -0.39 is 18.1 Å². The molecule has 10 nitrogen and oxygen atoms in total. The van der Waals surface area contributed by atoms with E-state index in [9.17, 15) is 14.7 Å². The topological polar surface area (TPSA) is 134 Å². The molecule has 8 rings (SSSR count). The van der Waals surface area contributed by atoms with Crippen LogP contribution in [0.3, 0.4) is 0 Å². The highest BCUT2D eigenvalue weighted by atomic mass is 35.5. The molecule has 2 N–H and O–H groups in total. The molecule has 1 aromatic heterocycles. The number of hydrogen-bond donors (Lipinski definition) is 2. The van der Waals surface area contributed by atoms with E-state index in [0.29, 0.717) is 65.6 Å². The summed E-state index contributed by atoms with van der Waals surface area (Å²) in [5, 5.41) is 23.2. The van der Waals surface area contributed by atoms with Gasteiger partial charge < -0.3 is 24.6 Å². The molecule has 1 unspecified atom stereocenters. The van der Waals surface area contributed by atoms with Gasteiger partial charge >= 0.3 is 5.97 Å². The fraction of sp³-hybridized carbons (Fsp3) is 0.191. The number of carboxylic acid groups (broad SMARTS) is 1. The van der Waals surface area contributed by atoms with Crippen molar-refractivity contribution in [1.82, 2.24) is 15.2 Å². The van der Waals surface area contributed by atoms with Crippen molar-refractivity contribution in [3.8, 4) is 34.4 Å². The second kappa shape index (κ2) is 17.6. The zero-order valence-electron chi connectivity index (χ0n) is 31.7. The van der Waals surface area contributed by atoms with Crippen molar-refractivity contribution in [2.75, 3.05) is 6.61 Å². The second-order valence-electron chi connectivity index (χ2n) is 14.6. The molecule has 3 atom stereocenters. The molecule has 59 heavy (non-hydrogen) atoms. The van der Waals surface area contributed by atoms with Crippen molar-refractivity contribution in [3.05, 3.63) is 177 Å². The molecule has 6 aromatic rings. The Hall–Kier alpha value is -6.38. The summed E-state index contributed by atoms with van der Waals surface area (Å²) in [6, 6.07) is 36.0. The molecule has 0 bridgehead atoms. The maximum Gasteiger partial charge on any atom is 0.326 e. The summed E-state index contributed by atoms with van der Waals surface area (Å²) < 4.78 is 18.7. The molecule has 0 radical (unpaired) electrons. The van der Waals surface area contributed by atoms with Crippen LogP contribution in [0.5, 0.6) is 17.2 Å². The van der Waals surface area contributed by atoms with Crippen LogP contribution in [0.25, 0.3) is 11.1 Å². The Labute approximate surface area is 351 Å². The van der Waals surface area contributed by atoms with Gasteiger partial charge in [0.25, 0.3) is 0 Å². The van der Waals surface area contributed by atoms with E-state index in [2.05, 4.69) is 21.3 Å². The van der Waals surface area contributed by atoms with Gasteiger partial charge in [-0.15, -0.1) is 0 Å².